The van der Waals surface area contributed by atoms with Crippen molar-refractivity contribution >= 4 is 22.6 Å². The molecule has 20 heavy (non-hydrogen) atoms. The van der Waals surface area contributed by atoms with Gasteiger partial charge in [-0.25, -0.2) is 0 Å². The fraction of sp³-hybridized carbons (Fsp3) is 0.647. The Morgan fingerprint density at radius 3 is 2.10 bits per heavy atom. The topological polar surface area (TPSA) is 15.3 Å². The Kier molecular flexibility index (Phi) is 7.48. The summed E-state index contributed by atoms with van der Waals surface area (Å²) in [5.74, 6) is 0. The van der Waals surface area contributed by atoms with Crippen molar-refractivity contribution in [3.63, 3.8) is 0 Å². The second-order valence-corrected chi connectivity index (χ2v) is 7.01. The van der Waals surface area contributed by atoms with Crippen LogP contribution in [0.3, 0.4) is 0 Å². The van der Waals surface area contributed by atoms with Gasteiger partial charge in [0.2, 0.25) is 0 Å². The number of nitrogens with zero attached hydrogens (tertiary/aromatic N) is 1. The second kappa shape index (κ2) is 8.35. The molecule has 0 radical (unpaired) electrons. The SMILES string of the molecule is CCNC(Cc1ccc(I)cc1)C(C)(C)N(CC)CC. The maximum atomic E-state index is 3.69. The zero-order valence-electron chi connectivity index (χ0n) is 13.5. The van der Waals surface area contributed by atoms with Crippen LogP contribution in [0.1, 0.15) is 40.2 Å². The molecule has 0 aliphatic heterocycles. The molecule has 1 unspecified atom stereocenters. The van der Waals surface area contributed by atoms with Gasteiger partial charge in [-0.1, -0.05) is 32.9 Å². The molecule has 0 fully saturated rings. The highest BCUT2D eigenvalue weighted by Gasteiger charge is 2.33. The van der Waals surface area contributed by atoms with Crippen molar-refractivity contribution in [2.75, 3.05) is 19.6 Å². The van der Waals surface area contributed by atoms with Crippen molar-refractivity contribution in [2.45, 2.75) is 52.6 Å². The summed E-state index contributed by atoms with van der Waals surface area (Å²) in [5.41, 5.74) is 1.57. The highest BCUT2D eigenvalue weighted by Crippen LogP contribution is 2.22. The van der Waals surface area contributed by atoms with E-state index >= 15 is 0 Å². The van der Waals surface area contributed by atoms with Gasteiger partial charge in [0, 0.05) is 15.2 Å². The second-order valence-electron chi connectivity index (χ2n) is 5.77. The van der Waals surface area contributed by atoms with Crippen LogP contribution in [-0.2, 0) is 6.42 Å². The standard InChI is InChI=1S/C17H29IN2/c1-6-19-16(17(4,5)20(7-2)8-3)13-14-9-11-15(18)12-10-14/h9-12,16,19H,6-8,13H2,1-5H3. The van der Waals surface area contributed by atoms with E-state index < -0.39 is 0 Å². The van der Waals surface area contributed by atoms with Crippen molar-refractivity contribution in [1.82, 2.24) is 10.2 Å². The number of halogens is 1. The smallest absolute Gasteiger partial charge is 0.0309 e. The zero-order valence-corrected chi connectivity index (χ0v) is 15.7. The number of benzene rings is 1. The molecule has 0 saturated heterocycles. The first-order chi connectivity index (χ1) is 9.45. The minimum absolute atomic E-state index is 0.155. The van der Waals surface area contributed by atoms with Crippen LogP contribution in [0.2, 0.25) is 0 Å². The molecule has 0 aliphatic rings. The Morgan fingerprint density at radius 2 is 1.65 bits per heavy atom. The summed E-state index contributed by atoms with van der Waals surface area (Å²) in [4.78, 5) is 2.55. The van der Waals surface area contributed by atoms with Gasteiger partial charge in [-0.05, 0) is 80.2 Å². The summed E-state index contributed by atoms with van der Waals surface area (Å²) >= 11 is 2.36. The Balaban J connectivity index is 2.89. The summed E-state index contributed by atoms with van der Waals surface area (Å²) in [6.45, 7) is 14.6. The van der Waals surface area contributed by atoms with Gasteiger partial charge < -0.3 is 5.32 Å². The van der Waals surface area contributed by atoms with Gasteiger partial charge in [0.15, 0.2) is 0 Å². The molecule has 0 heterocycles. The first-order valence-corrected chi connectivity index (χ1v) is 8.76. The maximum Gasteiger partial charge on any atom is 0.0309 e. The first kappa shape index (κ1) is 17.9. The number of hydrogen-bond acceptors (Lipinski definition) is 2. The third-order valence-corrected chi connectivity index (χ3v) is 4.95. The lowest BCUT2D eigenvalue weighted by molar-refractivity contribution is 0.0918. The van der Waals surface area contributed by atoms with Crippen LogP contribution in [0.4, 0.5) is 0 Å². The summed E-state index contributed by atoms with van der Waals surface area (Å²) in [6, 6.07) is 9.37. The highest BCUT2D eigenvalue weighted by atomic mass is 127. The molecule has 1 rings (SSSR count). The molecule has 0 bridgehead atoms. The van der Waals surface area contributed by atoms with Crippen molar-refractivity contribution in [3.05, 3.63) is 33.4 Å². The van der Waals surface area contributed by atoms with Crippen LogP contribution in [0.15, 0.2) is 24.3 Å². The maximum absolute atomic E-state index is 3.69. The van der Waals surface area contributed by atoms with Gasteiger partial charge in [0.25, 0.3) is 0 Å². The molecule has 114 valence electrons. The third-order valence-electron chi connectivity index (χ3n) is 4.23. The number of hydrogen-bond donors (Lipinski definition) is 1. The zero-order chi connectivity index (χ0) is 15.2. The van der Waals surface area contributed by atoms with Gasteiger partial charge in [-0.15, -0.1) is 0 Å². The lowest BCUT2D eigenvalue weighted by Gasteiger charge is -2.44. The van der Waals surface area contributed by atoms with E-state index in [1.54, 1.807) is 0 Å². The molecule has 3 heteroatoms. The molecule has 2 nitrogen and oxygen atoms in total. The Bertz CT molecular complexity index is 382. The van der Waals surface area contributed by atoms with Gasteiger partial charge in [0.05, 0.1) is 0 Å². The highest BCUT2D eigenvalue weighted by molar-refractivity contribution is 14.1. The molecular formula is C17H29IN2. The quantitative estimate of drug-likeness (QED) is 0.679. The van der Waals surface area contributed by atoms with Gasteiger partial charge in [-0.3, -0.25) is 4.90 Å². The van der Waals surface area contributed by atoms with E-state index in [0.29, 0.717) is 6.04 Å². The molecule has 0 amide bonds. The Labute approximate surface area is 138 Å². The fourth-order valence-electron chi connectivity index (χ4n) is 2.93. The van der Waals surface area contributed by atoms with Crippen molar-refractivity contribution in [1.29, 1.82) is 0 Å². The molecule has 1 atom stereocenters. The van der Waals surface area contributed by atoms with Crippen molar-refractivity contribution in [3.8, 4) is 0 Å². The van der Waals surface area contributed by atoms with E-state index in [1.165, 1.54) is 9.13 Å². The first-order valence-electron chi connectivity index (χ1n) is 7.68. The summed E-state index contributed by atoms with van der Waals surface area (Å²) < 4.78 is 1.30. The Hall–Kier alpha value is -0.130. The largest absolute Gasteiger partial charge is 0.312 e. The van der Waals surface area contributed by atoms with Crippen molar-refractivity contribution in [2.24, 2.45) is 0 Å². The molecule has 0 aromatic heterocycles. The normalized spacial score (nSPS) is 13.8. The number of likely N-dealkylation sites (N-methyl/N-ethyl adjacent to an activating group) is 2. The minimum Gasteiger partial charge on any atom is -0.312 e. The average Bonchev–Trinajstić information content (AvgIpc) is 2.41. The van der Waals surface area contributed by atoms with E-state index in [9.17, 15) is 0 Å². The van der Waals surface area contributed by atoms with Gasteiger partial charge >= 0.3 is 0 Å². The molecule has 1 aromatic carbocycles. The predicted molar refractivity (Wildman–Crippen MR) is 97.3 cm³/mol. The van der Waals surface area contributed by atoms with E-state index in [1.807, 2.05) is 0 Å². The van der Waals surface area contributed by atoms with Crippen LogP contribution in [0, 0.1) is 3.57 Å². The minimum atomic E-state index is 0.155. The number of nitrogens with one attached hydrogen (secondary N) is 1. The molecule has 0 saturated carbocycles. The van der Waals surface area contributed by atoms with Gasteiger partial charge in [-0.2, -0.15) is 0 Å². The van der Waals surface area contributed by atoms with Crippen molar-refractivity contribution < 1.29 is 0 Å². The lowest BCUT2D eigenvalue weighted by Crippen LogP contribution is -2.58. The summed E-state index contributed by atoms with van der Waals surface area (Å²) in [5, 5.41) is 3.69. The van der Waals surface area contributed by atoms with Crippen LogP contribution in [-0.4, -0.2) is 36.1 Å². The molecule has 1 N–H and O–H groups in total. The van der Waals surface area contributed by atoms with Gasteiger partial charge in [0.1, 0.15) is 0 Å². The Morgan fingerprint density at radius 1 is 1.10 bits per heavy atom. The van der Waals surface area contributed by atoms with E-state index in [0.717, 1.165) is 26.1 Å². The van der Waals surface area contributed by atoms with E-state index in [4.69, 9.17) is 0 Å². The van der Waals surface area contributed by atoms with Crippen LogP contribution in [0.25, 0.3) is 0 Å². The molecule has 0 spiro atoms. The van der Waals surface area contributed by atoms with Crippen LogP contribution >= 0.6 is 22.6 Å². The van der Waals surface area contributed by atoms with Crippen LogP contribution in [0.5, 0.6) is 0 Å². The third kappa shape index (κ3) is 4.71. The fourth-order valence-corrected chi connectivity index (χ4v) is 3.29. The molecule has 0 aliphatic carbocycles. The van der Waals surface area contributed by atoms with E-state index in [2.05, 4.69) is 91.7 Å². The van der Waals surface area contributed by atoms with E-state index in [-0.39, 0.29) is 5.54 Å². The average molecular weight is 388 g/mol. The number of rotatable bonds is 8. The molecule has 1 aromatic rings. The summed E-state index contributed by atoms with van der Waals surface area (Å²) in [7, 11) is 0. The monoisotopic (exact) mass is 388 g/mol. The summed E-state index contributed by atoms with van der Waals surface area (Å²) in [6.07, 6.45) is 1.08. The molecular weight excluding hydrogens is 359 g/mol. The predicted octanol–water partition coefficient (Wildman–Crippen LogP) is 3.93. The lowest BCUT2D eigenvalue weighted by atomic mass is 9.87. The van der Waals surface area contributed by atoms with Crippen LogP contribution < -0.4 is 5.32 Å².